The van der Waals surface area contributed by atoms with Crippen molar-refractivity contribution in [1.82, 2.24) is 10.3 Å². The fraction of sp³-hybridized carbons (Fsp3) is 0.812. The Labute approximate surface area is 125 Å². The number of ether oxygens (including phenoxy) is 1. The van der Waals surface area contributed by atoms with E-state index in [1.54, 1.807) is 0 Å². The molecule has 2 unspecified atom stereocenters. The van der Waals surface area contributed by atoms with Crippen LogP contribution >= 0.6 is 11.3 Å². The molecule has 2 heterocycles. The first-order valence-corrected chi connectivity index (χ1v) is 8.83. The number of nitrogens with one attached hydrogen (secondary N) is 1. The van der Waals surface area contributed by atoms with Gasteiger partial charge in [-0.1, -0.05) is 0 Å². The zero-order valence-electron chi connectivity index (χ0n) is 12.2. The molecule has 0 aromatic carbocycles. The molecule has 2 saturated carbocycles. The third-order valence-electron chi connectivity index (χ3n) is 5.07. The van der Waals surface area contributed by atoms with Gasteiger partial charge in [-0.15, -0.1) is 11.3 Å². The molecule has 4 heteroatoms. The summed E-state index contributed by atoms with van der Waals surface area (Å²) in [5, 5.41) is 4.97. The normalized spacial score (nSPS) is 33.8. The maximum atomic E-state index is 6.17. The monoisotopic (exact) mass is 292 g/mol. The summed E-state index contributed by atoms with van der Waals surface area (Å²) < 4.78 is 6.17. The first-order valence-electron chi connectivity index (χ1n) is 8.01. The van der Waals surface area contributed by atoms with Gasteiger partial charge in [0.25, 0.3) is 0 Å². The summed E-state index contributed by atoms with van der Waals surface area (Å²) in [6.07, 6.45) is 10.4. The van der Waals surface area contributed by atoms with E-state index in [9.17, 15) is 0 Å². The highest BCUT2D eigenvalue weighted by Crippen LogP contribution is 2.49. The van der Waals surface area contributed by atoms with Crippen molar-refractivity contribution in [3.8, 4) is 0 Å². The highest BCUT2D eigenvalue weighted by molar-refractivity contribution is 7.11. The van der Waals surface area contributed by atoms with Crippen LogP contribution in [0, 0.1) is 18.3 Å². The quantitative estimate of drug-likeness (QED) is 0.875. The summed E-state index contributed by atoms with van der Waals surface area (Å²) in [7, 11) is 0. The van der Waals surface area contributed by atoms with Crippen LogP contribution in [0.5, 0.6) is 0 Å². The summed E-state index contributed by atoms with van der Waals surface area (Å²) in [5.41, 5.74) is 0.322. The lowest BCUT2D eigenvalue weighted by Gasteiger charge is -2.34. The molecule has 1 saturated heterocycles. The van der Waals surface area contributed by atoms with Gasteiger partial charge in [0.05, 0.1) is 11.1 Å². The third-order valence-corrected chi connectivity index (χ3v) is 5.98. The Bertz CT molecular complexity index is 481. The molecule has 3 nitrogen and oxygen atoms in total. The van der Waals surface area contributed by atoms with Gasteiger partial charge in [0, 0.05) is 35.7 Å². The first-order chi connectivity index (χ1) is 9.75. The van der Waals surface area contributed by atoms with Crippen LogP contribution in [0.15, 0.2) is 6.20 Å². The van der Waals surface area contributed by atoms with E-state index >= 15 is 0 Å². The minimum atomic E-state index is 0.322. The topological polar surface area (TPSA) is 34.2 Å². The molecule has 1 aromatic heterocycles. The predicted octanol–water partition coefficient (Wildman–Crippen LogP) is 2.93. The third kappa shape index (κ3) is 2.66. The summed E-state index contributed by atoms with van der Waals surface area (Å²) in [6.45, 7) is 4.19. The maximum absolute atomic E-state index is 6.17. The summed E-state index contributed by atoms with van der Waals surface area (Å²) >= 11 is 1.86. The molecule has 1 N–H and O–H groups in total. The van der Waals surface area contributed by atoms with Gasteiger partial charge >= 0.3 is 0 Å². The molecule has 4 rings (SSSR count). The molecule has 3 fully saturated rings. The van der Waals surface area contributed by atoms with E-state index in [0.717, 1.165) is 31.5 Å². The molecule has 0 radical (unpaired) electrons. The predicted molar refractivity (Wildman–Crippen MR) is 81.1 cm³/mol. The number of thiazole rings is 1. The van der Waals surface area contributed by atoms with Gasteiger partial charge in [-0.3, -0.25) is 0 Å². The number of aromatic nitrogens is 1. The Morgan fingerprint density at radius 1 is 1.40 bits per heavy atom. The molecule has 20 heavy (non-hydrogen) atoms. The molecule has 1 aliphatic heterocycles. The zero-order valence-corrected chi connectivity index (χ0v) is 13.0. The van der Waals surface area contributed by atoms with Crippen molar-refractivity contribution in [1.29, 1.82) is 0 Å². The highest BCUT2D eigenvalue weighted by Gasteiger charge is 2.51. The average molecular weight is 292 g/mol. The van der Waals surface area contributed by atoms with Gasteiger partial charge < -0.3 is 10.1 Å². The minimum absolute atomic E-state index is 0.322. The minimum Gasteiger partial charge on any atom is -0.377 e. The summed E-state index contributed by atoms with van der Waals surface area (Å²) in [6, 6.07) is 0.788. The molecule has 2 aliphatic carbocycles. The standard InChI is InChI=1S/C16H24N2OS/c1-11-17-9-14(20-11)8-16(10-18-13-4-5-13)6-7-19-15(16)12-2-3-12/h9,12-13,15,18H,2-8,10H2,1H3. The number of hydrogen-bond donors (Lipinski definition) is 1. The van der Waals surface area contributed by atoms with Gasteiger partial charge in [-0.2, -0.15) is 0 Å². The lowest BCUT2D eigenvalue weighted by molar-refractivity contribution is 0.0308. The van der Waals surface area contributed by atoms with Crippen LogP contribution in [0.1, 0.15) is 42.0 Å². The van der Waals surface area contributed by atoms with Gasteiger partial charge in [-0.25, -0.2) is 4.98 Å². The molecule has 1 aromatic rings. The van der Waals surface area contributed by atoms with Crippen LogP contribution in [0.25, 0.3) is 0 Å². The maximum Gasteiger partial charge on any atom is 0.0896 e. The Hall–Kier alpha value is -0.450. The Morgan fingerprint density at radius 2 is 2.25 bits per heavy atom. The zero-order chi connectivity index (χ0) is 13.6. The Morgan fingerprint density at radius 3 is 2.90 bits per heavy atom. The molecule has 0 spiro atoms. The van der Waals surface area contributed by atoms with Crippen molar-refractivity contribution in [2.24, 2.45) is 11.3 Å². The van der Waals surface area contributed by atoms with E-state index in [-0.39, 0.29) is 0 Å². The van der Waals surface area contributed by atoms with Crippen molar-refractivity contribution in [3.63, 3.8) is 0 Å². The van der Waals surface area contributed by atoms with Crippen molar-refractivity contribution in [3.05, 3.63) is 16.1 Å². The molecular weight excluding hydrogens is 268 g/mol. The van der Waals surface area contributed by atoms with Crippen molar-refractivity contribution < 1.29 is 4.74 Å². The van der Waals surface area contributed by atoms with E-state index in [1.165, 1.54) is 42.0 Å². The number of hydrogen-bond acceptors (Lipinski definition) is 4. The van der Waals surface area contributed by atoms with Gasteiger partial charge in [0.1, 0.15) is 0 Å². The average Bonchev–Trinajstić information content (AvgIpc) is 3.35. The second-order valence-electron chi connectivity index (χ2n) is 6.92. The van der Waals surface area contributed by atoms with Crippen LogP contribution in [0.4, 0.5) is 0 Å². The molecule has 110 valence electrons. The largest absolute Gasteiger partial charge is 0.377 e. The Kier molecular flexibility index (Phi) is 3.36. The fourth-order valence-corrected chi connectivity index (χ4v) is 4.60. The molecule has 2 atom stereocenters. The van der Waals surface area contributed by atoms with E-state index in [1.807, 2.05) is 11.3 Å². The number of rotatable bonds is 6. The SMILES string of the molecule is Cc1ncc(CC2(CNC3CC3)CCOC2C2CC2)s1. The second-order valence-corrected chi connectivity index (χ2v) is 8.24. The molecular formula is C16H24N2OS. The summed E-state index contributed by atoms with van der Waals surface area (Å²) in [5.74, 6) is 0.826. The van der Waals surface area contributed by atoms with E-state index < -0.39 is 0 Å². The molecule has 3 aliphatic rings. The lowest BCUT2D eigenvalue weighted by Crippen LogP contribution is -2.44. The smallest absolute Gasteiger partial charge is 0.0896 e. The van der Waals surface area contributed by atoms with E-state index in [0.29, 0.717) is 11.5 Å². The van der Waals surface area contributed by atoms with Crippen molar-refractivity contribution in [2.75, 3.05) is 13.2 Å². The number of aryl methyl sites for hydroxylation is 1. The van der Waals surface area contributed by atoms with Crippen molar-refractivity contribution >= 4 is 11.3 Å². The molecule has 0 bridgehead atoms. The van der Waals surface area contributed by atoms with Gasteiger partial charge in [-0.05, 0) is 51.4 Å². The van der Waals surface area contributed by atoms with Crippen LogP contribution in [0.3, 0.4) is 0 Å². The van der Waals surface area contributed by atoms with E-state index in [2.05, 4.69) is 23.4 Å². The number of nitrogens with zero attached hydrogens (tertiary/aromatic N) is 1. The van der Waals surface area contributed by atoms with Crippen LogP contribution in [0.2, 0.25) is 0 Å². The van der Waals surface area contributed by atoms with E-state index in [4.69, 9.17) is 4.74 Å². The highest BCUT2D eigenvalue weighted by atomic mass is 32.1. The summed E-state index contributed by atoms with van der Waals surface area (Å²) in [4.78, 5) is 5.88. The van der Waals surface area contributed by atoms with Crippen molar-refractivity contribution in [2.45, 2.75) is 57.6 Å². The van der Waals surface area contributed by atoms with Crippen LogP contribution < -0.4 is 5.32 Å². The van der Waals surface area contributed by atoms with Crippen LogP contribution in [-0.4, -0.2) is 30.3 Å². The second kappa shape index (κ2) is 5.08. The molecule has 0 amide bonds. The first kappa shape index (κ1) is 13.2. The van der Waals surface area contributed by atoms with Crippen LogP contribution in [-0.2, 0) is 11.2 Å². The lowest BCUT2D eigenvalue weighted by atomic mass is 9.75. The van der Waals surface area contributed by atoms with Gasteiger partial charge in [0.2, 0.25) is 0 Å². The van der Waals surface area contributed by atoms with Gasteiger partial charge in [0.15, 0.2) is 0 Å². The Balaban J connectivity index is 1.53. The fourth-order valence-electron chi connectivity index (χ4n) is 3.65.